The largest absolute Gasteiger partial charge is 0.399 e. The second kappa shape index (κ2) is 7.48. The predicted octanol–water partition coefficient (Wildman–Crippen LogP) is 0.849. The number of rotatable bonds is 3. The number of nitrogens with zero attached hydrogens (tertiary/aromatic N) is 1. The maximum absolute atomic E-state index is 12.6. The molecule has 7 heteroatoms. The van der Waals surface area contributed by atoms with Gasteiger partial charge < -0.3 is 25.8 Å². The van der Waals surface area contributed by atoms with Crippen molar-refractivity contribution in [2.75, 3.05) is 25.4 Å². The summed E-state index contributed by atoms with van der Waals surface area (Å²) >= 11 is 0. The van der Waals surface area contributed by atoms with Gasteiger partial charge in [0.2, 0.25) is 11.8 Å². The number of carbonyl (C=O) groups excluding carboxylic acids is 2. The third-order valence-corrected chi connectivity index (χ3v) is 5.87. The van der Waals surface area contributed by atoms with Gasteiger partial charge in [0.15, 0.2) is 0 Å². The van der Waals surface area contributed by atoms with E-state index in [1.165, 1.54) is 6.92 Å². The van der Waals surface area contributed by atoms with Crippen molar-refractivity contribution in [2.45, 2.75) is 56.8 Å². The lowest BCUT2D eigenvalue weighted by atomic mass is 9.73. The summed E-state index contributed by atoms with van der Waals surface area (Å²) in [6.07, 6.45) is 1.19. The first-order valence-electron chi connectivity index (χ1n) is 9.47. The number of piperidine rings is 1. The van der Waals surface area contributed by atoms with E-state index in [1.807, 2.05) is 24.0 Å². The number of carbonyl (C=O) groups is 2. The molecule has 0 unspecified atom stereocenters. The molecule has 2 fully saturated rings. The van der Waals surface area contributed by atoms with Crippen LogP contribution < -0.4 is 11.1 Å². The number of hydrogen-bond acceptors (Lipinski definition) is 5. The molecule has 0 aromatic heterocycles. The monoisotopic (exact) mass is 375 g/mol. The molecule has 2 heterocycles. The highest BCUT2D eigenvalue weighted by Gasteiger charge is 2.53. The summed E-state index contributed by atoms with van der Waals surface area (Å²) in [4.78, 5) is 26.0. The van der Waals surface area contributed by atoms with Crippen molar-refractivity contribution in [2.24, 2.45) is 0 Å². The number of anilines is 1. The van der Waals surface area contributed by atoms with E-state index in [0.717, 1.165) is 5.56 Å². The highest BCUT2D eigenvalue weighted by molar-refractivity contribution is 5.79. The molecule has 1 spiro atoms. The quantitative estimate of drug-likeness (QED) is 0.680. The van der Waals surface area contributed by atoms with Crippen LogP contribution in [-0.4, -0.2) is 58.8 Å². The van der Waals surface area contributed by atoms with Crippen LogP contribution in [0.25, 0.3) is 0 Å². The number of likely N-dealkylation sites (tertiary alicyclic amines) is 1. The van der Waals surface area contributed by atoms with E-state index in [0.29, 0.717) is 51.1 Å². The van der Waals surface area contributed by atoms with Crippen LogP contribution in [0.3, 0.4) is 0 Å². The fourth-order valence-electron chi connectivity index (χ4n) is 4.27. The summed E-state index contributed by atoms with van der Waals surface area (Å²) in [5.74, 6) is -0.103. The number of aliphatic hydroxyl groups excluding tert-OH is 1. The van der Waals surface area contributed by atoms with Crippen LogP contribution in [0.5, 0.6) is 0 Å². The number of nitrogens with one attached hydrogen (secondary N) is 1. The Kier molecular flexibility index (Phi) is 5.44. The Morgan fingerprint density at radius 2 is 1.89 bits per heavy atom. The minimum absolute atomic E-state index is 0.0598. The van der Waals surface area contributed by atoms with E-state index in [1.54, 1.807) is 12.1 Å². The van der Waals surface area contributed by atoms with Gasteiger partial charge in [-0.1, -0.05) is 12.1 Å². The minimum Gasteiger partial charge on any atom is -0.399 e. The summed E-state index contributed by atoms with van der Waals surface area (Å²) in [5, 5.41) is 13.9. The molecule has 2 aliphatic rings. The van der Waals surface area contributed by atoms with Crippen molar-refractivity contribution < 1.29 is 19.4 Å². The molecule has 27 heavy (non-hydrogen) atoms. The zero-order chi connectivity index (χ0) is 19.7. The molecule has 0 radical (unpaired) electrons. The molecular weight excluding hydrogens is 346 g/mol. The Morgan fingerprint density at radius 3 is 2.48 bits per heavy atom. The van der Waals surface area contributed by atoms with Gasteiger partial charge in [0, 0.05) is 32.3 Å². The Morgan fingerprint density at radius 1 is 1.26 bits per heavy atom. The van der Waals surface area contributed by atoms with Gasteiger partial charge in [0.05, 0.1) is 17.6 Å². The molecule has 148 valence electrons. The predicted molar refractivity (Wildman–Crippen MR) is 102 cm³/mol. The summed E-state index contributed by atoms with van der Waals surface area (Å²) in [6.45, 7) is 4.86. The van der Waals surface area contributed by atoms with Crippen LogP contribution in [-0.2, 0) is 20.7 Å². The Hall–Kier alpha value is -2.12. The lowest BCUT2D eigenvalue weighted by Gasteiger charge is -2.53. The molecular formula is C20H29N3O4. The first kappa shape index (κ1) is 19.6. The maximum atomic E-state index is 12.6. The van der Waals surface area contributed by atoms with Crippen LogP contribution in [0.15, 0.2) is 24.3 Å². The number of nitrogen functional groups attached to an aromatic ring is 1. The van der Waals surface area contributed by atoms with E-state index in [-0.39, 0.29) is 11.8 Å². The van der Waals surface area contributed by atoms with Gasteiger partial charge in [-0.2, -0.15) is 0 Å². The summed E-state index contributed by atoms with van der Waals surface area (Å²) < 4.78 is 6.00. The van der Waals surface area contributed by atoms with E-state index in [4.69, 9.17) is 10.5 Å². The van der Waals surface area contributed by atoms with Crippen LogP contribution in [0, 0.1) is 0 Å². The van der Waals surface area contributed by atoms with Crippen LogP contribution >= 0.6 is 0 Å². The zero-order valence-corrected chi connectivity index (χ0v) is 16.0. The van der Waals surface area contributed by atoms with Crippen molar-refractivity contribution in [3.8, 4) is 0 Å². The molecule has 7 nitrogen and oxygen atoms in total. The van der Waals surface area contributed by atoms with Crippen LogP contribution in [0.1, 0.15) is 38.7 Å². The number of benzene rings is 1. The van der Waals surface area contributed by atoms with E-state index in [2.05, 4.69) is 5.32 Å². The van der Waals surface area contributed by atoms with Gasteiger partial charge in [0.1, 0.15) is 6.10 Å². The van der Waals surface area contributed by atoms with Crippen molar-refractivity contribution in [1.29, 1.82) is 0 Å². The second-order valence-electron chi connectivity index (χ2n) is 7.96. The molecule has 2 saturated heterocycles. The average molecular weight is 375 g/mol. The summed E-state index contributed by atoms with van der Waals surface area (Å²) in [6, 6.07) is 7.32. The van der Waals surface area contributed by atoms with Crippen LogP contribution in [0.2, 0.25) is 0 Å². The van der Waals surface area contributed by atoms with Crippen molar-refractivity contribution in [1.82, 2.24) is 10.2 Å². The van der Waals surface area contributed by atoms with Crippen LogP contribution in [0.4, 0.5) is 5.69 Å². The van der Waals surface area contributed by atoms with Gasteiger partial charge in [-0.3, -0.25) is 9.59 Å². The zero-order valence-electron chi connectivity index (χ0n) is 16.0. The molecule has 3 rings (SSSR count). The molecule has 0 bridgehead atoms. The standard InChI is InChI=1S/C20H29N3O4/c1-14(24)22-19(2)9-12-27-20(18(19)26)7-10-23(11-8-20)17(25)13-15-3-5-16(21)6-4-15/h3-6,18,26H,7-13,21H2,1-2H3,(H,22,24)/t18-,19+/m0/s1. The second-order valence-corrected chi connectivity index (χ2v) is 7.96. The molecule has 2 atom stereocenters. The fraction of sp³-hybridized carbons (Fsp3) is 0.600. The number of ether oxygens (including phenoxy) is 1. The summed E-state index contributed by atoms with van der Waals surface area (Å²) in [7, 11) is 0. The smallest absolute Gasteiger partial charge is 0.226 e. The average Bonchev–Trinajstić information content (AvgIpc) is 2.62. The molecule has 1 aromatic carbocycles. The van der Waals surface area contributed by atoms with Crippen molar-refractivity contribution >= 4 is 17.5 Å². The highest BCUT2D eigenvalue weighted by atomic mass is 16.5. The van der Waals surface area contributed by atoms with Gasteiger partial charge in [-0.05, 0) is 43.9 Å². The third-order valence-electron chi connectivity index (χ3n) is 5.87. The lowest BCUT2D eigenvalue weighted by Crippen LogP contribution is -2.69. The minimum atomic E-state index is -0.808. The first-order chi connectivity index (χ1) is 12.7. The number of nitrogens with two attached hydrogens (primary N) is 1. The molecule has 2 amide bonds. The van der Waals surface area contributed by atoms with Gasteiger partial charge >= 0.3 is 0 Å². The Bertz CT molecular complexity index is 698. The molecule has 0 aliphatic carbocycles. The normalized spacial score (nSPS) is 27.4. The summed E-state index contributed by atoms with van der Waals surface area (Å²) in [5.41, 5.74) is 5.87. The molecule has 0 saturated carbocycles. The maximum Gasteiger partial charge on any atom is 0.226 e. The number of aliphatic hydroxyl groups is 1. The SMILES string of the molecule is CC(=O)N[C@]1(C)CCOC2(CCN(C(=O)Cc3ccc(N)cc3)CC2)[C@H]1O. The number of amides is 2. The highest BCUT2D eigenvalue weighted by Crippen LogP contribution is 2.40. The van der Waals surface area contributed by atoms with Crippen molar-refractivity contribution in [3.05, 3.63) is 29.8 Å². The van der Waals surface area contributed by atoms with E-state index in [9.17, 15) is 14.7 Å². The van der Waals surface area contributed by atoms with Gasteiger partial charge in [-0.25, -0.2) is 0 Å². The van der Waals surface area contributed by atoms with E-state index >= 15 is 0 Å². The van der Waals surface area contributed by atoms with E-state index < -0.39 is 17.2 Å². The first-order valence-corrected chi connectivity index (χ1v) is 9.47. The topological polar surface area (TPSA) is 105 Å². The lowest BCUT2D eigenvalue weighted by molar-refractivity contribution is -0.207. The Labute approximate surface area is 159 Å². The fourth-order valence-corrected chi connectivity index (χ4v) is 4.27. The number of hydrogen-bond donors (Lipinski definition) is 3. The third kappa shape index (κ3) is 4.09. The molecule has 2 aliphatic heterocycles. The van der Waals surface area contributed by atoms with Gasteiger partial charge in [-0.15, -0.1) is 0 Å². The molecule has 4 N–H and O–H groups in total. The Balaban J connectivity index is 1.62. The van der Waals surface area contributed by atoms with Gasteiger partial charge in [0.25, 0.3) is 0 Å². The van der Waals surface area contributed by atoms with Crippen molar-refractivity contribution in [3.63, 3.8) is 0 Å². The molecule has 1 aromatic rings.